The van der Waals surface area contributed by atoms with Gasteiger partial charge in [0.1, 0.15) is 0 Å². The van der Waals surface area contributed by atoms with Gasteiger partial charge in [-0.25, -0.2) is 0 Å². The summed E-state index contributed by atoms with van der Waals surface area (Å²) in [5.41, 5.74) is 4.08. The molecule has 0 amide bonds. The Kier molecular flexibility index (Phi) is 3.09. The molecule has 0 aromatic rings. The van der Waals surface area contributed by atoms with Gasteiger partial charge in [0.05, 0.1) is 0 Å². The standard InChI is InChI=1S/C12H16/c1-4-11(5-2)12-8-6-7-10(3)9-12/h4-5,7,9H,1,6,8H2,2-3H3. The summed E-state index contributed by atoms with van der Waals surface area (Å²) in [5.74, 6) is 0. The van der Waals surface area contributed by atoms with Crippen molar-refractivity contribution in [2.24, 2.45) is 0 Å². The number of rotatable bonds is 2. The molecule has 0 fully saturated rings. The highest BCUT2D eigenvalue weighted by atomic mass is 14.1. The van der Waals surface area contributed by atoms with E-state index in [1.165, 1.54) is 23.1 Å². The van der Waals surface area contributed by atoms with E-state index in [9.17, 15) is 0 Å². The van der Waals surface area contributed by atoms with Crippen LogP contribution in [0.15, 0.2) is 47.6 Å². The van der Waals surface area contributed by atoms with Gasteiger partial charge >= 0.3 is 0 Å². The van der Waals surface area contributed by atoms with Crippen LogP contribution < -0.4 is 0 Å². The van der Waals surface area contributed by atoms with Gasteiger partial charge in [0.15, 0.2) is 0 Å². The maximum Gasteiger partial charge on any atom is -0.0238 e. The third-order valence-corrected chi connectivity index (χ3v) is 2.18. The number of hydrogen-bond donors (Lipinski definition) is 0. The summed E-state index contributed by atoms with van der Waals surface area (Å²) >= 11 is 0. The lowest BCUT2D eigenvalue weighted by Crippen LogP contribution is -1.92. The van der Waals surface area contributed by atoms with Gasteiger partial charge < -0.3 is 0 Å². The molecule has 0 radical (unpaired) electrons. The predicted molar refractivity (Wildman–Crippen MR) is 55.0 cm³/mol. The summed E-state index contributed by atoms with van der Waals surface area (Å²) in [6.07, 6.45) is 10.9. The summed E-state index contributed by atoms with van der Waals surface area (Å²) in [5, 5.41) is 0. The summed E-state index contributed by atoms with van der Waals surface area (Å²) in [6.45, 7) is 8.01. The summed E-state index contributed by atoms with van der Waals surface area (Å²) in [4.78, 5) is 0. The molecular formula is C12H16. The van der Waals surface area contributed by atoms with Gasteiger partial charge in [-0.3, -0.25) is 0 Å². The largest absolute Gasteiger partial charge is 0.0985 e. The third kappa shape index (κ3) is 1.97. The minimum absolute atomic E-state index is 1.16. The normalized spacial score (nSPS) is 18.3. The quantitative estimate of drug-likeness (QED) is 0.539. The molecule has 0 N–H and O–H groups in total. The first-order valence-electron chi connectivity index (χ1n) is 4.44. The first kappa shape index (κ1) is 9.05. The van der Waals surface area contributed by atoms with E-state index in [1.807, 2.05) is 6.08 Å². The average molecular weight is 160 g/mol. The van der Waals surface area contributed by atoms with Crippen LogP contribution in [-0.2, 0) is 0 Å². The molecule has 12 heavy (non-hydrogen) atoms. The molecule has 1 aliphatic rings. The Hall–Kier alpha value is -1.04. The molecule has 0 nitrogen and oxygen atoms in total. The smallest absolute Gasteiger partial charge is 0.0238 e. The number of allylic oxidation sites excluding steroid dienone is 7. The van der Waals surface area contributed by atoms with Gasteiger partial charge in [0, 0.05) is 0 Å². The van der Waals surface area contributed by atoms with Crippen LogP contribution >= 0.6 is 0 Å². The van der Waals surface area contributed by atoms with E-state index in [4.69, 9.17) is 0 Å². The first-order valence-corrected chi connectivity index (χ1v) is 4.44. The Bertz CT molecular complexity index is 262. The zero-order valence-corrected chi connectivity index (χ0v) is 7.93. The Labute approximate surface area is 75.0 Å². The second-order valence-corrected chi connectivity index (χ2v) is 3.10. The van der Waals surface area contributed by atoms with Crippen molar-refractivity contribution < 1.29 is 0 Å². The second-order valence-electron chi connectivity index (χ2n) is 3.10. The molecular weight excluding hydrogens is 144 g/mol. The van der Waals surface area contributed by atoms with Crippen molar-refractivity contribution in [2.75, 3.05) is 0 Å². The minimum atomic E-state index is 1.16. The maximum atomic E-state index is 3.80. The van der Waals surface area contributed by atoms with Crippen molar-refractivity contribution in [3.8, 4) is 0 Å². The van der Waals surface area contributed by atoms with E-state index in [1.54, 1.807) is 0 Å². The molecule has 0 heterocycles. The fourth-order valence-corrected chi connectivity index (χ4v) is 1.52. The second kappa shape index (κ2) is 4.10. The lowest BCUT2D eigenvalue weighted by molar-refractivity contribution is 0.960. The molecule has 0 aromatic carbocycles. The molecule has 1 aliphatic carbocycles. The van der Waals surface area contributed by atoms with Crippen molar-refractivity contribution in [3.63, 3.8) is 0 Å². The molecule has 64 valence electrons. The highest BCUT2D eigenvalue weighted by Gasteiger charge is 2.04. The van der Waals surface area contributed by atoms with Gasteiger partial charge in [0.2, 0.25) is 0 Å². The molecule has 0 aliphatic heterocycles. The maximum absolute atomic E-state index is 3.80. The first-order chi connectivity index (χ1) is 5.77. The summed E-state index contributed by atoms with van der Waals surface area (Å²) in [7, 11) is 0. The molecule has 0 bridgehead atoms. The van der Waals surface area contributed by atoms with Crippen LogP contribution in [0.4, 0.5) is 0 Å². The molecule has 0 atom stereocenters. The van der Waals surface area contributed by atoms with E-state index in [2.05, 4.69) is 38.7 Å². The summed E-state index contributed by atoms with van der Waals surface area (Å²) < 4.78 is 0. The fraction of sp³-hybridized carbons (Fsp3) is 0.333. The van der Waals surface area contributed by atoms with Gasteiger partial charge in [-0.1, -0.05) is 36.5 Å². The topological polar surface area (TPSA) is 0 Å². The van der Waals surface area contributed by atoms with Gasteiger partial charge in [-0.2, -0.15) is 0 Å². The van der Waals surface area contributed by atoms with Crippen LogP contribution in [0.3, 0.4) is 0 Å². The van der Waals surface area contributed by atoms with Crippen molar-refractivity contribution in [1.82, 2.24) is 0 Å². The summed E-state index contributed by atoms with van der Waals surface area (Å²) in [6, 6.07) is 0. The van der Waals surface area contributed by atoms with Crippen LogP contribution in [0.5, 0.6) is 0 Å². The average Bonchev–Trinajstić information content (AvgIpc) is 2.07. The Morgan fingerprint density at radius 3 is 2.83 bits per heavy atom. The van der Waals surface area contributed by atoms with Crippen molar-refractivity contribution >= 4 is 0 Å². The van der Waals surface area contributed by atoms with Gasteiger partial charge in [0.25, 0.3) is 0 Å². The van der Waals surface area contributed by atoms with E-state index in [-0.39, 0.29) is 0 Å². The number of hydrogen-bond acceptors (Lipinski definition) is 0. The van der Waals surface area contributed by atoms with Crippen LogP contribution in [0.2, 0.25) is 0 Å². The van der Waals surface area contributed by atoms with Crippen molar-refractivity contribution in [1.29, 1.82) is 0 Å². The highest BCUT2D eigenvalue weighted by molar-refractivity contribution is 5.44. The van der Waals surface area contributed by atoms with Crippen molar-refractivity contribution in [2.45, 2.75) is 26.7 Å². The highest BCUT2D eigenvalue weighted by Crippen LogP contribution is 2.23. The van der Waals surface area contributed by atoms with Crippen LogP contribution in [-0.4, -0.2) is 0 Å². The molecule has 0 saturated carbocycles. The van der Waals surface area contributed by atoms with E-state index >= 15 is 0 Å². The predicted octanol–water partition coefficient (Wildman–Crippen LogP) is 3.79. The van der Waals surface area contributed by atoms with Gasteiger partial charge in [-0.05, 0) is 37.8 Å². The zero-order chi connectivity index (χ0) is 8.97. The van der Waals surface area contributed by atoms with Crippen LogP contribution in [0.25, 0.3) is 0 Å². The Morgan fingerprint density at radius 1 is 1.58 bits per heavy atom. The Balaban J connectivity index is 2.88. The van der Waals surface area contributed by atoms with Crippen LogP contribution in [0.1, 0.15) is 26.7 Å². The van der Waals surface area contributed by atoms with E-state index in [0.29, 0.717) is 0 Å². The fourth-order valence-electron chi connectivity index (χ4n) is 1.52. The molecule has 0 unspecified atom stereocenters. The molecule has 0 saturated heterocycles. The van der Waals surface area contributed by atoms with E-state index < -0.39 is 0 Å². The lowest BCUT2D eigenvalue weighted by atomic mass is 9.94. The zero-order valence-electron chi connectivity index (χ0n) is 7.93. The third-order valence-electron chi connectivity index (χ3n) is 2.18. The molecule has 0 heteroatoms. The van der Waals surface area contributed by atoms with Crippen molar-refractivity contribution in [3.05, 3.63) is 47.6 Å². The monoisotopic (exact) mass is 160 g/mol. The van der Waals surface area contributed by atoms with Crippen LogP contribution in [0, 0.1) is 0 Å². The molecule has 0 aromatic heterocycles. The van der Waals surface area contributed by atoms with E-state index in [0.717, 1.165) is 6.42 Å². The SMILES string of the molecule is C=CC(=CC)C1=CC(C)=CCC1. The Morgan fingerprint density at radius 2 is 2.33 bits per heavy atom. The van der Waals surface area contributed by atoms with Gasteiger partial charge in [-0.15, -0.1) is 0 Å². The lowest BCUT2D eigenvalue weighted by Gasteiger charge is -2.12. The molecule has 1 rings (SSSR count). The minimum Gasteiger partial charge on any atom is -0.0985 e. The molecule has 0 spiro atoms.